The van der Waals surface area contributed by atoms with Crippen LogP contribution in [-0.2, 0) is 14.3 Å². The van der Waals surface area contributed by atoms with E-state index in [-0.39, 0.29) is 23.3 Å². The van der Waals surface area contributed by atoms with E-state index in [2.05, 4.69) is 31.4 Å². The number of esters is 1. The Kier molecular flexibility index (Phi) is 14.0. The summed E-state index contributed by atoms with van der Waals surface area (Å²) in [5.74, 6) is -0.0504. The highest BCUT2D eigenvalue weighted by atomic mass is 32.1. The summed E-state index contributed by atoms with van der Waals surface area (Å²) in [6.07, 6.45) is 9.14. The average Bonchev–Trinajstić information content (AvgIpc) is 2.87. The zero-order valence-electron chi connectivity index (χ0n) is 22.6. The molecule has 0 saturated carbocycles. The number of hydrogen-bond acceptors (Lipinski definition) is 6. The molecular formula is C28H43N3O5S. The summed E-state index contributed by atoms with van der Waals surface area (Å²) in [6.45, 7) is 8.04. The molecule has 1 aromatic carbocycles. The summed E-state index contributed by atoms with van der Waals surface area (Å²) < 4.78 is 11.0. The van der Waals surface area contributed by atoms with Crippen molar-refractivity contribution in [1.29, 1.82) is 0 Å². The molecule has 1 saturated heterocycles. The van der Waals surface area contributed by atoms with Gasteiger partial charge < -0.3 is 19.7 Å². The lowest BCUT2D eigenvalue weighted by Crippen LogP contribution is -2.60. The molecule has 1 unspecified atom stereocenters. The maximum atomic E-state index is 12.7. The molecule has 0 radical (unpaired) electrons. The molecule has 9 heteroatoms. The lowest BCUT2D eigenvalue weighted by molar-refractivity contribution is -0.147. The van der Waals surface area contributed by atoms with Gasteiger partial charge in [0, 0.05) is 18.7 Å². The number of hydrogen-bond donors (Lipinski definition) is 2. The minimum absolute atomic E-state index is 0.112. The highest BCUT2D eigenvalue weighted by Crippen LogP contribution is 2.15. The number of benzene rings is 1. The largest absolute Gasteiger partial charge is 0.493 e. The quantitative estimate of drug-likeness (QED) is 0.193. The number of carbonyl (C=O) groups is 3. The van der Waals surface area contributed by atoms with Crippen LogP contribution in [0, 0.1) is 5.92 Å². The van der Waals surface area contributed by atoms with Crippen molar-refractivity contribution in [1.82, 2.24) is 15.5 Å². The summed E-state index contributed by atoms with van der Waals surface area (Å²) in [5.41, 5.74) is 0.419. The zero-order valence-corrected chi connectivity index (χ0v) is 23.4. The van der Waals surface area contributed by atoms with Gasteiger partial charge in [0.05, 0.1) is 19.6 Å². The topological polar surface area (TPSA) is 97.0 Å². The summed E-state index contributed by atoms with van der Waals surface area (Å²) in [6, 6.07) is 5.98. The molecule has 0 aliphatic carbocycles. The summed E-state index contributed by atoms with van der Waals surface area (Å²) in [7, 11) is 0. The van der Waals surface area contributed by atoms with Crippen molar-refractivity contribution in [2.24, 2.45) is 5.92 Å². The molecule has 1 aliphatic heterocycles. The number of unbranched alkanes of at least 4 members (excludes halogenated alkanes) is 7. The van der Waals surface area contributed by atoms with Gasteiger partial charge in [-0.25, -0.2) is 0 Å². The van der Waals surface area contributed by atoms with E-state index in [4.69, 9.17) is 21.7 Å². The molecule has 1 heterocycles. The van der Waals surface area contributed by atoms with Crippen LogP contribution in [0.5, 0.6) is 5.75 Å². The van der Waals surface area contributed by atoms with Gasteiger partial charge in [0.1, 0.15) is 11.8 Å². The average molecular weight is 534 g/mol. The van der Waals surface area contributed by atoms with Crippen LogP contribution in [0.2, 0.25) is 0 Å². The first-order valence-electron chi connectivity index (χ1n) is 13.6. The van der Waals surface area contributed by atoms with Gasteiger partial charge >= 0.3 is 5.97 Å². The van der Waals surface area contributed by atoms with Crippen molar-refractivity contribution in [3.63, 3.8) is 0 Å². The van der Waals surface area contributed by atoms with E-state index in [0.29, 0.717) is 43.5 Å². The fraction of sp³-hybridized carbons (Fsp3) is 0.643. The SMILES string of the molecule is CCCCCCCCCCOC(=O)CC1C(=O)NCCN1C(=S)NC(=O)c1ccc(OCC(C)C)cc1. The van der Waals surface area contributed by atoms with Crippen molar-refractivity contribution >= 4 is 35.1 Å². The van der Waals surface area contributed by atoms with E-state index in [1.54, 1.807) is 29.2 Å². The Hall–Kier alpha value is -2.68. The molecular weight excluding hydrogens is 490 g/mol. The van der Waals surface area contributed by atoms with E-state index in [1.165, 1.54) is 32.1 Å². The summed E-state index contributed by atoms with van der Waals surface area (Å²) in [5, 5.41) is 5.56. The highest BCUT2D eigenvalue weighted by Gasteiger charge is 2.34. The van der Waals surface area contributed by atoms with E-state index in [1.807, 2.05) is 0 Å². The Bertz CT molecular complexity index is 875. The minimum Gasteiger partial charge on any atom is -0.493 e. The predicted octanol–water partition coefficient (Wildman–Crippen LogP) is 4.61. The molecule has 2 rings (SSSR count). The third-order valence-electron chi connectivity index (χ3n) is 6.13. The van der Waals surface area contributed by atoms with Gasteiger partial charge in [-0.05, 0) is 48.8 Å². The Morgan fingerprint density at radius 3 is 2.38 bits per heavy atom. The van der Waals surface area contributed by atoms with Crippen LogP contribution < -0.4 is 15.4 Å². The van der Waals surface area contributed by atoms with Crippen LogP contribution in [0.1, 0.15) is 88.9 Å². The van der Waals surface area contributed by atoms with Gasteiger partial charge in [-0.1, -0.05) is 65.7 Å². The van der Waals surface area contributed by atoms with Crippen LogP contribution in [0.3, 0.4) is 0 Å². The third kappa shape index (κ3) is 11.5. The maximum absolute atomic E-state index is 12.7. The molecule has 2 amide bonds. The number of rotatable bonds is 15. The zero-order chi connectivity index (χ0) is 27.0. The Balaban J connectivity index is 1.79. The standard InChI is InChI=1S/C28H43N3O5S/c1-4-5-6-7-8-9-10-11-18-35-25(32)19-24-27(34)29-16-17-31(24)28(37)30-26(33)22-12-14-23(15-13-22)36-20-21(2)3/h12-15,21,24H,4-11,16-20H2,1-3H3,(H,29,34)(H,30,33,37). The number of nitrogens with zero attached hydrogens (tertiary/aromatic N) is 1. The molecule has 1 fully saturated rings. The van der Waals surface area contributed by atoms with Crippen molar-refractivity contribution in [2.75, 3.05) is 26.3 Å². The van der Waals surface area contributed by atoms with Crippen LogP contribution >= 0.6 is 12.2 Å². The highest BCUT2D eigenvalue weighted by molar-refractivity contribution is 7.80. The van der Waals surface area contributed by atoms with Gasteiger partial charge in [0.15, 0.2) is 5.11 Å². The van der Waals surface area contributed by atoms with E-state index in [0.717, 1.165) is 19.3 Å². The van der Waals surface area contributed by atoms with Crippen molar-refractivity contribution in [3.8, 4) is 5.75 Å². The third-order valence-corrected chi connectivity index (χ3v) is 6.47. The smallest absolute Gasteiger partial charge is 0.308 e. The molecule has 1 atom stereocenters. The molecule has 37 heavy (non-hydrogen) atoms. The Morgan fingerprint density at radius 1 is 1.08 bits per heavy atom. The lowest BCUT2D eigenvalue weighted by atomic mass is 10.1. The number of thiocarbonyl (C=S) groups is 1. The minimum atomic E-state index is -0.820. The van der Waals surface area contributed by atoms with Gasteiger partial charge in [0.2, 0.25) is 5.91 Å². The van der Waals surface area contributed by atoms with Gasteiger partial charge in [-0.2, -0.15) is 0 Å². The van der Waals surface area contributed by atoms with Gasteiger partial charge in [-0.15, -0.1) is 0 Å². The first kappa shape index (κ1) is 30.5. The van der Waals surface area contributed by atoms with Crippen LogP contribution in [0.25, 0.3) is 0 Å². The molecule has 206 valence electrons. The molecule has 8 nitrogen and oxygen atoms in total. The second-order valence-electron chi connectivity index (χ2n) is 9.89. The van der Waals surface area contributed by atoms with Crippen molar-refractivity contribution in [3.05, 3.63) is 29.8 Å². The van der Waals surface area contributed by atoms with E-state index >= 15 is 0 Å². The normalized spacial score (nSPS) is 15.3. The second-order valence-corrected chi connectivity index (χ2v) is 10.3. The Morgan fingerprint density at radius 2 is 1.73 bits per heavy atom. The fourth-order valence-corrected chi connectivity index (χ4v) is 4.32. The number of amides is 2. The first-order chi connectivity index (χ1) is 17.8. The molecule has 1 aromatic rings. The molecule has 0 aromatic heterocycles. The maximum Gasteiger partial charge on any atom is 0.308 e. The molecule has 0 spiro atoms. The van der Waals surface area contributed by atoms with E-state index < -0.39 is 12.0 Å². The Labute approximate surface area is 226 Å². The number of ether oxygens (including phenoxy) is 2. The number of carbonyl (C=O) groups excluding carboxylic acids is 3. The predicted molar refractivity (Wildman–Crippen MR) is 149 cm³/mol. The summed E-state index contributed by atoms with van der Waals surface area (Å²) in [4.78, 5) is 39.3. The van der Waals surface area contributed by atoms with Crippen LogP contribution in [0.15, 0.2) is 24.3 Å². The number of nitrogens with one attached hydrogen (secondary N) is 2. The fourth-order valence-electron chi connectivity index (χ4n) is 4.01. The van der Waals surface area contributed by atoms with Crippen LogP contribution in [0.4, 0.5) is 0 Å². The van der Waals surface area contributed by atoms with Crippen LogP contribution in [-0.4, -0.2) is 60.1 Å². The lowest BCUT2D eigenvalue weighted by Gasteiger charge is -2.36. The van der Waals surface area contributed by atoms with E-state index in [9.17, 15) is 14.4 Å². The monoisotopic (exact) mass is 533 g/mol. The summed E-state index contributed by atoms with van der Waals surface area (Å²) >= 11 is 5.44. The second kappa shape index (κ2) is 16.9. The van der Waals surface area contributed by atoms with Gasteiger partial charge in [-0.3, -0.25) is 19.7 Å². The molecule has 0 bridgehead atoms. The van der Waals surface area contributed by atoms with Crippen molar-refractivity contribution in [2.45, 2.75) is 84.6 Å². The molecule has 2 N–H and O–H groups in total. The van der Waals surface area contributed by atoms with Crippen molar-refractivity contribution < 1.29 is 23.9 Å². The molecule has 1 aliphatic rings. The van der Waals surface area contributed by atoms with Gasteiger partial charge in [0.25, 0.3) is 5.91 Å². The first-order valence-corrected chi connectivity index (χ1v) is 14.0. The number of piperazine rings is 1.